The maximum Gasteiger partial charge on any atom is 0.248 e. The fourth-order valence-electron chi connectivity index (χ4n) is 5.60. The van der Waals surface area contributed by atoms with Crippen LogP contribution >= 0.6 is 15.9 Å². The van der Waals surface area contributed by atoms with Crippen molar-refractivity contribution in [3.63, 3.8) is 0 Å². The number of nitrogens with zero attached hydrogens (tertiary/aromatic N) is 7. The number of amides is 2. The van der Waals surface area contributed by atoms with Gasteiger partial charge in [0.2, 0.25) is 11.8 Å². The van der Waals surface area contributed by atoms with Crippen molar-refractivity contribution in [3.8, 4) is 11.1 Å². The number of nitrogens with one attached hydrogen (secondary N) is 1. The summed E-state index contributed by atoms with van der Waals surface area (Å²) in [6.45, 7) is 4.74. The number of carbonyl (C=O) groups excluding carboxylic acids is 2. The highest BCUT2D eigenvalue weighted by Crippen LogP contribution is 2.37. The van der Waals surface area contributed by atoms with Crippen LogP contribution in [0, 0.1) is 13.8 Å². The normalized spacial score (nSPS) is 18.6. The number of hydrogen-bond donors (Lipinski definition) is 2. The van der Waals surface area contributed by atoms with Gasteiger partial charge in [0, 0.05) is 29.8 Å². The van der Waals surface area contributed by atoms with E-state index in [4.69, 9.17) is 5.73 Å². The van der Waals surface area contributed by atoms with Crippen molar-refractivity contribution in [2.24, 2.45) is 0 Å². The van der Waals surface area contributed by atoms with E-state index in [1.807, 2.05) is 26.0 Å². The Kier molecular flexibility index (Phi) is 6.84. The average Bonchev–Trinajstić information content (AvgIpc) is 3.44. The molecule has 13 heteroatoms. The summed E-state index contributed by atoms with van der Waals surface area (Å²) in [6.07, 6.45) is 4.71. The highest BCUT2D eigenvalue weighted by atomic mass is 79.9. The molecule has 5 aromatic rings. The summed E-state index contributed by atoms with van der Waals surface area (Å²) in [6, 6.07) is 7.99. The molecule has 2 atom stereocenters. The van der Waals surface area contributed by atoms with Crippen molar-refractivity contribution in [1.29, 1.82) is 0 Å². The predicted octanol–water partition coefficient (Wildman–Crippen LogP) is 4.37. The van der Waals surface area contributed by atoms with Crippen molar-refractivity contribution >= 4 is 61.3 Å². The number of nitrogens with two attached hydrogens (primary N) is 1. The Morgan fingerprint density at radius 2 is 1.90 bits per heavy atom. The summed E-state index contributed by atoms with van der Waals surface area (Å²) in [5.74, 6) is 0.296. The highest BCUT2D eigenvalue weighted by molar-refractivity contribution is 9.10. The topological polar surface area (TPSA) is 145 Å². The highest BCUT2D eigenvalue weighted by Gasteiger charge is 2.46. The minimum Gasteiger partial charge on any atom is -0.383 e. The number of benzene rings is 1. The Hall–Kier alpha value is -4.52. The minimum atomic E-state index is -1.74. The molecule has 1 aromatic carbocycles. The molecule has 1 aliphatic rings. The van der Waals surface area contributed by atoms with Crippen molar-refractivity contribution in [3.05, 3.63) is 65.0 Å². The number of hydrogen-bond acceptors (Lipinski definition) is 8. The predicted molar refractivity (Wildman–Crippen MR) is 160 cm³/mol. The van der Waals surface area contributed by atoms with E-state index in [2.05, 4.69) is 46.2 Å². The number of aryl methyl sites for hydroxylation is 2. The minimum absolute atomic E-state index is 0.137. The van der Waals surface area contributed by atoms with Crippen LogP contribution in [0.5, 0.6) is 0 Å². The van der Waals surface area contributed by atoms with Crippen molar-refractivity contribution in [2.75, 3.05) is 17.6 Å². The molecule has 0 aliphatic carbocycles. The number of halogens is 2. The molecule has 0 saturated carbocycles. The summed E-state index contributed by atoms with van der Waals surface area (Å²) in [5, 5.41) is 4.08. The Bertz CT molecular complexity index is 1870. The van der Waals surface area contributed by atoms with Gasteiger partial charge in [-0.25, -0.2) is 29.3 Å². The van der Waals surface area contributed by atoms with E-state index in [0.717, 1.165) is 27.6 Å². The van der Waals surface area contributed by atoms with E-state index in [1.165, 1.54) is 18.2 Å². The van der Waals surface area contributed by atoms with Gasteiger partial charge in [-0.1, -0.05) is 6.07 Å². The van der Waals surface area contributed by atoms with E-state index < -0.39 is 23.5 Å². The van der Waals surface area contributed by atoms with Crippen LogP contribution in [-0.2, 0) is 16.1 Å². The Balaban J connectivity index is 1.39. The first kappa shape index (κ1) is 27.6. The summed E-state index contributed by atoms with van der Waals surface area (Å²) in [5.41, 5.74) is 8.36. The molecule has 1 saturated heterocycles. The Morgan fingerprint density at radius 1 is 1.14 bits per heavy atom. The van der Waals surface area contributed by atoms with Crippen LogP contribution in [0.4, 0.5) is 16.0 Å². The molecular formula is C29H27BrFN9O2. The number of aromatic nitrogens is 6. The van der Waals surface area contributed by atoms with Gasteiger partial charge < -0.3 is 20.5 Å². The fraction of sp³-hybridized carbons (Fsp3) is 0.276. The van der Waals surface area contributed by atoms with E-state index in [9.17, 15) is 9.59 Å². The number of carbonyl (C=O) groups is 2. The van der Waals surface area contributed by atoms with E-state index in [-0.39, 0.29) is 25.3 Å². The van der Waals surface area contributed by atoms with Gasteiger partial charge in [-0.05, 0) is 72.1 Å². The quantitative estimate of drug-likeness (QED) is 0.272. The first-order valence-corrected chi connectivity index (χ1v) is 14.0. The van der Waals surface area contributed by atoms with Gasteiger partial charge >= 0.3 is 0 Å². The first-order chi connectivity index (χ1) is 20.0. The summed E-state index contributed by atoms with van der Waals surface area (Å²) in [4.78, 5) is 49.9. The number of rotatable bonds is 5. The third kappa shape index (κ3) is 5.04. The molecule has 1 fully saturated rings. The number of nitrogen functional groups attached to an aromatic ring is 1. The second kappa shape index (κ2) is 10.4. The fourth-order valence-corrected chi connectivity index (χ4v) is 5.95. The number of alkyl halides is 1. The standard InChI is InChI=1S/C29H27BrFN9O2/c1-15-7-17(18-10-33-16(2)34-11-18)8-19-24-26(32)35-14-36-27(24)39(25(15)19)12-23(41)40-13-29(3,31)9-20(40)28(42)38-22-6-4-5-21(30)37-22/h4-8,10-11,14,20H,9,12-13H2,1-3H3,(H2,32,35,36)(H,37,38,42)/t20-,29-/m1/s1. The van der Waals surface area contributed by atoms with Crippen molar-refractivity contribution < 1.29 is 14.0 Å². The molecule has 0 spiro atoms. The largest absolute Gasteiger partial charge is 0.383 e. The van der Waals surface area contributed by atoms with E-state index in [0.29, 0.717) is 27.3 Å². The lowest BCUT2D eigenvalue weighted by molar-refractivity contribution is -0.137. The Morgan fingerprint density at radius 3 is 2.64 bits per heavy atom. The monoisotopic (exact) mass is 631 g/mol. The molecule has 214 valence electrons. The van der Waals surface area contributed by atoms with E-state index >= 15 is 4.39 Å². The molecule has 1 aliphatic heterocycles. The van der Waals surface area contributed by atoms with Crippen LogP contribution in [0.3, 0.4) is 0 Å². The molecule has 0 bridgehead atoms. The number of anilines is 2. The van der Waals surface area contributed by atoms with Gasteiger partial charge in [0.25, 0.3) is 0 Å². The molecule has 42 heavy (non-hydrogen) atoms. The molecule has 11 nitrogen and oxygen atoms in total. The third-order valence-electron chi connectivity index (χ3n) is 7.44. The molecule has 2 amide bonds. The smallest absolute Gasteiger partial charge is 0.248 e. The van der Waals surface area contributed by atoms with Gasteiger partial charge in [0.15, 0.2) is 0 Å². The van der Waals surface area contributed by atoms with Gasteiger partial charge in [-0.2, -0.15) is 0 Å². The zero-order valence-corrected chi connectivity index (χ0v) is 24.7. The first-order valence-electron chi connectivity index (χ1n) is 13.2. The van der Waals surface area contributed by atoms with Gasteiger partial charge in [0.1, 0.15) is 52.3 Å². The summed E-state index contributed by atoms with van der Waals surface area (Å²) in [7, 11) is 0. The van der Waals surface area contributed by atoms with Crippen LogP contribution < -0.4 is 11.1 Å². The number of pyridine rings is 1. The van der Waals surface area contributed by atoms with Crippen LogP contribution in [0.1, 0.15) is 24.7 Å². The Labute approximate surface area is 248 Å². The molecule has 3 N–H and O–H groups in total. The lowest BCUT2D eigenvalue weighted by Gasteiger charge is -2.24. The molecular weight excluding hydrogens is 605 g/mol. The lowest BCUT2D eigenvalue weighted by Crippen LogP contribution is -2.44. The van der Waals surface area contributed by atoms with Gasteiger partial charge in [-0.15, -0.1) is 0 Å². The summed E-state index contributed by atoms with van der Waals surface area (Å²) < 4.78 is 17.6. The zero-order valence-electron chi connectivity index (χ0n) is 23.1. The van der Waals surface area contributed by atoms with Crippen LogP contribution in [0.2, 0.25) is 0 Å². The van der Waals surface area contributed by atoms with Crippen molar-refractivity contribution in [1.82, 2.24) is 34.4 Å². The SMILES string of the molecule is Cc1ncc(-c2cc(C)c3c(c2)c2c(N)ncnc2n3CC(=O)N2C[C@](C)(F)C[C@@H]2C(=O)Nc2cccc(Br)n2)cn1. The molecule has 0 unspecified atom stereocenters. The van der Waals surface area contributed by atoms with Gasteiger partial charge in [0.05, 0.1) is 17.4 Å². The third-order valence-corrected chi connectivity index (χ3v) is 7.89. The second-order valence-corrected chi connectivity index (χ2v) is 11.6. The number of fused-ring (bicyclic) bond motifs is 3. The number of likely N-dealkylation sites (tertiary alicyclic amines) is 1. The van der Waals surface area contributed by atoms with Crippen LogP contribution in [-0.4, -0.2) is 64.5 Å². The lowest BCUT2D eigenvalue weighted by atomic mass is 10.0. The second-order valence-electron chi connectivity index (χ2n) is 10.7. The maximum atomic E-state index is 15.3. The molecule has 6 rings (SSSR count). The average molecular weight is 632 g/mol. The maximum absolute atomic E-state index is 15.3. The molecule has 5 heterocycles. The molecule has 0 radical (unpaired) electrons. The summed E-state index contributed by atoms with van der Waals surface area (Å²) >= 11 is 3.28. The van der Waals surface area contributed by atoms with Crippen LogP contribution in [0.15, 0.2) is 53.7 Å². The van der Waals surface area contributed by atoms with E-state index in [1.54, 1.807) is 35.2 Å². The van der Waals surface area contributed by atoms with Gasteiger partial charge in [-0.3, -0.25) is 9.59 Å². The van der Waals surface area contributed by atoms with Crippen molar-refractivity contribution in [2.45, 2.75) is 45.4 Å². The molecule has 4 aromatic heterocycles. The zero-order chi connectivity index (χ0) is 29.8. The van der Waals surface area contributed by atoms with Crippen LogP contribution in [0.25, 0.3) is 33.1 Å².